The highest BCUT2D eigenvalue weighted by molar-refractivity contribution is 6.10. The van der Waals surface area contributed by atoms with Crippen LogP contribution in [0.15, 0.2) is 113 Å². The molecule has 0 saturated heterocycles. The Kier molecular flexibility index (Phi) is 9.88. The Hall–Kier alpha value is -6.39. The molecule has 254 valence electrons. The predicted molar refractivity (Wildman–Crippen MR) is 196 cm³/mol. The first-order valence-corrected chi connectivity index (χ1v) is 16.3. The Bertz CT molecular complexity index is 2590. The van der Waals surface area contributed by atoms with E-state index in [4.69, 9.17) is 0 Å². The highest BCUT2D eigenvalue weighted by Crippen LogP contribution is 2.18. The second-order valence-electron chi connectivity index (χ2n) is 12.3. The smallest absolute Gasteiger partial charge is 0.200 e. The van der Waals surface area contributed by atoms with E-state index in [1.807, 2.05) is 68.7 Å². The molecule has 0 aliphatic carbocycles. The lowest BCUT2D eigenvalue weighted by Gasteiger charge is -2.13. The van der Waals surface area contributed by atoms with Crippen LogP contribution < -0.4 is 10.9 Å². The van der Waals surface area contributed by atoms with Crippen molar-refractivity contribution >= 4 is 33.4 Å². The van der Waals surface area contributed by atoms with Gasteiger partial charge >= 0.3 is 0 Å². The minimum atomic E-state index is -0.354. The van der Waals surface area contributed by atoms with Crippen molar-refractivity contribution in [1.82, 2.24) is 24.5 Å². The number of carbonyl (C=O) groups excluding carboxylic acids is 2. The van der Waals surface area contributed by atoms with Crippen LogP contribution in [-0.2, 0) is 13.2 Å². The van der Waals surface area contributed by atoms with Gasteiger partial charge in [0, 0.05) is 63.6 Å². The summed E-state index contributed by atoms with van der Waals surface area (Å²) in [7, 11) is 0. The van der Waals surface area contributed by atoms with Gasteiger partial charge in [0.2, 0.25) is 10.9 Å². The van der Waals surface area contributed by atoms with E-state index in [1.54, 1.807) is 48.7 Å². The van der Waals surface area contributed by atoms with E-state index in [0.717, 1.165) is 33.7 Å². The standard InChI is InChI=1S/C24H21N3O3.C17H14N2O2/c1-15-10-17(11-25-16(15)2)23(29)21-13-27(12-18-6-5-7-19(14-28)26-18)22-9-4-3-8-20(22)24(21)30;1-10-7-12(8-18-11(10)2)16(20)14-9-19-15-6-4-3-5-13(15)17(14)21/h3-11,13,28H,12,14H2,1-2H3;3-9H,1-2H3,(H,19,21). The van der Waals surface area contributed by atoms with Gasteiger partial charge in [0.1, 0.15) is 0 Å². The number of benzene rings is 2. The van der Waals surface area contributed by atoms with Crippen molar-refractivity contribution < 1.29 is 14.7 Å². The maximum absolute atomic E-state index is 13.2. The van der Waals surface area contributed by atoms with Gasteiger partial charge in [-0.05, 0) is 87.4 Å². The summed E-state index contributed by atoms with van der Waals surface area (Å²) >= 11 is 0. The molecule has 10 nitrogen and oxygen atoms in total. The molecule has 0 spiro atoms. The lowest BCUT2D eigenvalue weighted by molar-refractivity contribution is 0.102. The third-order valence-corrected chi connectivity index (χ3v) is 8.83. The van der Waals surface area contributed by atoms with Crippen molar-refractivity contribution in [3.8, 4) is 0 Å². The number of H-pyrrole nitrogens is 1. The molecule has 0 bridgehead atoms. The van der Waals surface area contributed by atoms with Gasteiger partial charge in [-0.3, -0.25) is 34.1 Å². The van der Waals surface area contributed by atoms with Crippen LogP contribution in [0.2, 0.25) is 0 Å². The number of fused-ring (bicyclic) bond motifs is 2. The number of nitrogens with one attached hydrogen (secondary N) is 1. The minimum Gasteiger partial charge on any atom is -0.390 e. The average Bonchev–Trinajstić information content (AvgIpc) is 3.15. The normalized spacial score (nSPS) is 10.9. The van der Waals surface area contributed by atoms with Crippen LogP contribution in [-0.4, -0.2) is 41.2 Å². The van der Waals surface area contributed by atoms with E-state index in [1.165, 1.54) is 18.6 Å². The monoisotopic (exact) mass is 677 g/mol. The van der Waals surface area contributed by atoms with E-state index < -0.39 is 0 Å². The van der Waals surface area contributed by atoms with Crippen molar-refractivity contribution in [2.45, 2.75) is 40.8 Å². The Morgan fingerprint density at radius 2 is 1.27 bits per heavy atom. The van der Waals surface area contributed by atoms with Gasteiger partial charge < -0.3 is 14.7 Å². The number of hydrogen-bond donors (Lipinski definition) is 2. The number of pyridine rings is 5. The largest absolute Gasteiger partial charge is 0.390 e. The number of aromatic nitrogens is 5. The van der Waals surface area contributed by atoms with Crippen LogP contribution in [0.3, 0.4) is 0 Å². The van der Waals surface area contributed by atoms with Gasteiger partial charge in [0.15, 0.2) is 11.6 Å². The maximum Gasteiger partial charge on any atom is 0.200 e. The molecule has 0 aliphatic rings. The SMILES string of the molecule is Cc1cc(C(=O)c2c[nH]c3ccccc3c2=O)cnc1C.Cc1cc(C(=O)c2cn(Cc3cccc(CO)n3)c3ccccc3c2=O)cnc1C. The Labute approximate surface area is 293 Å². The lowest BCUT2D eigenvalue weighted by atomic mass is 10.0. The molecule has 7 rings (SSSR count). The molecule has 0 amide bonds. The molecule has 0 unspecified atom stereocenters. The number of aromatic amines is 1. The molecule has 0 fully saturated rings. The zero-order valence-electron chi connectivity index (χ0n) is 28.6. The molecular formula is C41H35N5O5. The lowest BCUT2D eigenvalue weighted by Crippen LogP contribution is -2.20. The zero-order chi connectivity index (χ0) is 36.2. The van der Waals surface area contributed by atoms with E-state index in [-0.39, 0.29) is 40.2 Å². The number of aryl methyl sites for hydroxylation is 4. The van der Waals surface area contributed by atoms with E-state index in [2.05, 4.69) is 19.9 Å². The van der Waals surface area contributed by atoms with Crippen LogP contribution in [0.4, 0.5) is 0 Å². The third kappa shape index (κ3) is 7.17. The molecule has 7 aromatic rings. The van der Waals surface area contributed by atoms with E-state index >= 15 is 0 Å². The van der Waals surface area contributed by atoms with Crippen LogP contribution in [0.5, 0.6) is 0 Å². The van der Waals surface area contributed by atoms with Gasteiger partial charge in [-0.1, -0.05) is 30.3 Å². The first-order chi connectivity index (χ1) is 24.5. The van der Waals surface area contributed by atoms with Crippen molar-refractivity contribution in [1.29, 1.82) is 0 Å². The number of aliphatic hydroxyl groups is 1. The topological polar surface area (TPSA) is 148 Å². The van der Waals surface area contributed by atoms with Crippen molar-refractivity contribution in [3.63, 3.8) is 0 Å². The quantitative estimate of drug-likeness (QED) is 0.197. The zero-order valence-corrected chi connectivity index (χ0v) is 28.6. The van der Waals surface area contributed by atoms with Gasteiger partial charge in [0.05, 0.1) is 41.2 Å². The predicted octanol–water partition coefficient (Wildman–Crippen LogP) is 5.95. The summed E-state index contributed by atoms with van der Waals surface area (Å²) in [5.41, 5.74) is 6.76. The first-order valence-electron chi connectivity index (χ1n) is 16.3. The van der Waals surface area contributed by atoms with E-state index in [0.29, 0.717) is 39.7 Å². The summed E-state index contributed by atoms with van der Waals surface area (Å²) in [6.07, 6.45) is 6.09. The van der Waals surface area contributed by atoms with Crippen LogP contribution >= 0.6 is 0 Å². The molecule has 2 aromatic carbocycles. The average molecular weight is 678 g/mol. The fourth-order valence-electron chi connectivity index (χ4n) is 5.70. The van der Waals surface area contributed by atoms with Gasteiger partial charge in [-0.25, -0.2) is 0 Å². The summed E-state index contributed by atoms with van der Waals surface area (Å²) in [6, 6.07) is 23.3. The fourth-order valence-corrected chi connectivity index (χ4v) is 5.70. The first kappa shape index (κ1) is 34.5. The molecule has 0 radical (unpaired) electrons. The molecule has 0 aliphatic heterocycles. The molecule has 0 atom stereocenters. The summed E-state index contributed by atoms with van der Waals surface area (Å²) in [5, 5.41) is 10.3. The Morgan fingerprint density at radius 1 is 0.706 bits per heavy atom. The van der Waals surface area contributed by atoms with Crippen molar-refractivity contribution in [2.24, 2.45) is 0 Å². The van der Waals surface area contributed by atoms with Gasteiger partial charge in [-0.15, -0.1) is 0 Å². The molecule has 0 saturated carbocycles. The number of aliphatic hydroxyl groups excluding tert-OH is 1. The second kappa shape index (κ2) is 14.6. The number of nitrogens with zero attached hydrogens (tertiary/aromatic N) is 4. The number of rotatable bonds is 7. The Morgan fingerprint density at radius 3 is 1.92 bits per heavy atom. The summed E-state index contributed by atoms with van der Waals surface area (Å²) in [6.45, 7) is 7.75. The number of ketones is 2. The highest BCUT2D eigenvalue weighted by Gasteiger charge is 2.19. The number of para-hydroxylation sites is 2. The number of hydrogen-bond acceptors (Lipinski definition) is 8. The van der Waals surface area contributed by atoms with Crippen molar-refractivity contribution in [2.75, 3.05) is 0 Å². The molecule has 10 heteroatoms. The molecule has 5 aromatic heterocycles. The molecule has 2 N–H and O–H groups in total. The summed E-state index contributed by atoms with van der Waals surface area (Å²) in [4.78, 5) is 67.1. The van der Waals surface area contributed by atoms with Gasteiger partial charge in [-0.2, -0.15) is 0 Å². The van der Waals surface area contributed by atoms with Crippen LogP contribution in [0.1, 0.15) is 65.7 Å². The summed E-state index contributed by atoms with van der Waals surface area (Å²) < 4.78 is 1.85. The molecule has 51 heavy (non-hydrogen) atoms. The van der Waals surface area contributed by atoms with Gasteiger partial charge in [0.25, 0.3) is 0 Å². The fraction of sp³-hybridized carbons (Fsp3) is 0.146. The second-order valence-corrected chi connectivity index (χ2v) is 12.3. The van der Waals surface area contributed by atoms with Crippen molar-refractivity contribution in [3.05, 3.63) is 180 Å². The third-order valence-electron chi connectivity index (χ3n) is 8.83. The maximum atomic E-state index is 13.2. The number of carbonyl (C=O) groups is 2. The van der Waals surface area contributed by atoms with Crippen LogP contribution in [0.25, 0.3) is 21.8 Å². The Balaban J connectivity index is 0.000000187. The summed E-state index contributed by atoms with van der Waals surface area (Å²) in [5.74, 6) is -0.662. The highest BCUT2D eigenvalue weighted by atomic mass is 16.3. The minimum absolute atomic E-state index is 0.0945. The molecule has 5 heterocycles. The molecular weight excluding hydrogens is 642 g/mol. The van der Waals surface area contributed by atoms with Crippen LogP contribution in [0, 0.1) is 27.7 Å². The van der Waals surface area contributed by atoms with E-state index in [9.17, 15) is 24.3 Å².